The van der Waals surface area contributed by atoms with Crippen molar-refractivity contribution in [2.75, 3.05) is 6.26 Å². The SMILES string of the molecule is CS(=O)(=O)NC(=O)c1csc(-c2cnn(-c3ccccc3)n2)n1. The summed E-state index contributed by atoms with van der Waals surface area (Å²) in [6, 6.07) is 9.35. The number of rotatable bonds is 4. The predicted octanol–water partition coefficient (Wildman–Crippen LogP) is 1.08. The van der Waals surface area contributed by atoms with Crippen LogP contribution in [0.1, 0.15) is 10.5 Å². The van der Waals surface area contributed by atoms with Gasteiger partial charge in [-0.05, 0) is 12.1 Å². The molecule has 0 bridgehead atoms. The summed E-state index contributed by atoms with van der Waals surface area (Å²) in [7, 11) is -3.63. The molecule has 0 spiro atoms. The van der Waals surface area contributed by atoms with Crippen molar-refractivity contribution in [2.24, 2.45) is 0 Å². The highest BCUT2D eigenvalue weighted by atomic mass is 32.2. The van der Waals surface area contributed by atoms with Gasteiger partial charge in [0, 0.05) is 5.38 Å². The van der Waals surface area contributed by atoms with Gasteiger partial charge in [0.05, 0.1) is 18.1 Å². The summed E-state index contributed by atoms with van der Waals surface area (Å²) < 4.78 is 24.0. The zero-order chi connectivity index (χ0) is 16.4. The van der Waals surface area contributed by atoms with Gasteiger partial charge in [0.15, 0.2) is 0 Å². The summed E-state index contributed by atoms with van der Waals surface area (Å²) in [6.45, 7) is 0. The van der Waals surface area contributed by atoms with Crippen LogP contribution in [0, 0.1) is 0 Å². The topological polar surface area (TPSA) is 107 Å². The molecule has 0 unspecified atom stereocenters. The predicted molar refractivity (Wildman–Crippen MR) is 84.8 cm³/mol. The van der Waals surface area contributed by atoms with Gasteiger partial charge in [-0.15, -0.1) is 16.4 Å². The van der Waals surface area contributed by atoms with Crippen molar-refractivity contribution in [3.63, 3.8) is 0 Å². The van der Waals surface area contributed by atoms with Gasteiger partial charge >= 0.3 is 0 Å². The van der Waals surface area contributed by atoms with Crippen LogP contribution in [0.2, 0.25) is 0 Å². The summed E-state index contributed by atoms with van der Waals surface area (Å²) in [5.41, 5.74) is 1.31. The van der Waals surface area contributed by atoms with Crippen LogP contribution in [0.25, 0.3) is 16.4 Å². The lowest BCUT2D eigenvalue weighted by molar-refractivity contribution is 0.0977. The average molecular weight is 349 g/mol. The Kier molecular flexibility index (Phi) is 3.92. The number of nitrogens with zero attached hydrogens (tertiary/aromatic N) is 4. The number of amides is 1. The van der Waals surface area contributed by atoms with Crippen LogP contribution in [0.5, 0.6) is 0 Å². The van der Waals surface area contributed by atoms with Crippen LogP contribution in [-0.4, -0.2) is 40.6 Å². The molecule has 0 atom stereocenters. The van der Waals surface area contributed by atoms with Crippen molar-refractivity contribution in [3.05, 3.63) is 47.6 Å². The second-order valence-electron chi connectivity index (χ2n) is 4.60. The van der Waals surface area contributed by atoms with E-state index in [1.54, 1.807) is 0 Å². The molecular weight excluding hydrogens is 338 g/mol. The molecule has 1 amide bonds. The molecule has 1 N–H and O–H groups in total. The molecule has 8 nitrogen and oxygen atoms in total. The Morgan fingerprint density at radius 2 is 2.00 bits per heavy atom. The fourth-order valence-corrected chi connectivity index (χ4v) is 2.95. The third-order valence-corrected chi connectivity index (χ3v) is 4.13. The lowest BCUT2D eigenvalue weighted by atomic mass is 10.3. The Bertz CT molecular complexity index is 947. The lowest BCUT2D eigenvalue weighted by Crippen LogP contribution is -2.29. The number of carbonyl (C=O) groups is 1. The highest BCUT2D eigenvalue weighted by Gasteiger charge is 2.16. The van der Waals surface area contributed by atoms with E-state index in [0.717, 1.165) is 11.9 Å². The second kappa shape index (κ2) is 5.89. The molecule has 0 radical (unpaired) electrons. The molecule has 2 aromatic heterocycles. The number of nitrogens with one attached hydrogen (secondary N) is 1. The van der Waals surface area contributed by atoms with Crippen LogP contribution in [0.4, 0.5) is 0 Å². The quantitative estimate of drug-likeness (QED) is 0.755. The summed E-state index contributed by atoms with van der Waals surface area (Å²) in [4.78, 5) is 17.3. The largest absolute Gasteiger partial charge is 0.284 e. The Labute approximate surface area is 135 Å². The van der Waals surface area contributed by atoms with Crippen LogP contribution >= 0.6 is 11.3 Å². The van der Waals surface area contributed by atoms with Crippen LogP contribution < -0.4 is 4.72 Å². The van der Waals surface area contributed by atoms with E-state index < -0.39 is 15.9 Å². The zero-order valence-corrected chi connectivity index (χ0v) is 13.5. The van der Waals surface area contributed by atoms with Gasteiger partial charge in [-0.25, -0.2) is 18.1 Å². The third kappa shape index (κ3) is 3.60. The molecule has 3 aromatic rings. The number of carbonyl (C=O) groups excluding carboxylic acids is 1. The first-order chi connectivity index (χ1) is 10.9. The van der Waals surface area contributed by atoms with Crippen molar-refractivity contribution >= 4 is 27.3 Å². The minimum Gasteiger partial charge on any atom is -0.266 e. The van der Waals surface area contributed by atoms with E-state index >= 15 is 0 Å². The Hall–Kier alpha value is -2.59. The number of thiazole rings is 1. The monoisotopic (exact) mass is 349 g/mol. The van der Waals surface area contributed by atoms with Crippen molar-refractivity contribution in [3.8, 4) is 16.4 Å². The Morgan fingerprint density at radius 1 is 1.26 bits per heavy atom. The highest BCUT2D eigenvalue weighted by Crippen LogP contribution is 2.21. The zero-order valence-electron chi connectivity index (χ0n) is 11.9. The van der Waals surface area contributed by atoms with Gasteiger partial charge in [0.1, 0.15) is 16.4 Å². The number of hydrogen-bond acceptors (Lipinski definition) is 7. The highest BCUT2D eigenvalue weighted by molar-refractivity contribution is 7.89. The minimum atomic E-state index is -3.63. The van der Waals surface area contributed by atoms with Crippen molar-refractivity contribution < 1.29 is 13.2 Å². The smallest absolute Gasteiger partial charge is 0.266 e. The molecule has 3 rings (SSSR count). The van der Waals surface area contributed by atoms with E-state index in [9.17, 15) is 13.2 Å². The molecule has 0 aliphatic rings. The van der Waals surface area contributed by atoms with Crippen molar-refractivity contribution in [1.82, 2.24) is 24.7 Å². The summed E-state index contributed by atoms with van der Waals surface area (Å²) in [5, 5.41) is 10.4. The molecule has 2 heterocycles. The Morgan fingerprint density at radius 3 is 2.70 bits per heavy atom. The van der Waals surface area contributed by atoms with Crippen molar-refractivity contribution in [1.29, 1.82) is 0 Å². The molecule has 0 aliphatic heterocycles. The number of sulfonamides is 1. The lowest BCUT2D eigenvalue weighted by Gasteiger charge is -1.98. The van der Waals surface area contributed by atoms with Gasteiger partial charge in [-0.1, -0.05) is 18.2 Å². The fraction of sp³-hybridized carbons (Fsp3) is 0.0769. The number of hydrogen-bond donors (Lipinski definition) is 1. The van der Waals surface area contributed by atoms with Crippen LogP contribution in [0.3, 0.4) is 0 Å². The fourth-order valence-electron chi connectivity index (χ4n) is 1.76. The van der Waals surface area contributed by atoms with Crippen LogP contribution in [-0.2, 0) is 10.0 Å². The number of para-hydroxylation sites is 1. The van der Waals surface area contributed by atoms with E-state index in [1.807, 2.05) is 35.1 Å². The van der Waals surface area contributed by atoms with E-state index in [4.69, 9.17) is 0 Å². The molecule has 0 aliphatic carbocycles. The maximum Gasteiger partial charge on any atom is 0.284 e. The minimum absolute atomic E-state index is 0.0182. The first-order valence-electron chi connectivity index (χ1n) is 6.38. The van der Waals surface area contributed by atoms with Gasteiger partial charge in [-0.3, -0.25) is 4.79 Å². The first kappa shape index (κ1) is 15.3. The van der Waals surface area contributed by atoms with E-state index in [-0.39, 0.29) is 5.69 Å². The molecule has 118 valence electrons. The van der Waals surface area contributed by atoms with E-state index in [1.165, 1.54) is 27.7 Å². The van der Waals surface area contributed by atoms with Crippen LogP contribution in [0.15, 0.2) is 41.9 Å². The Balaban J connectivity index is 1.84. The standard InChI is InChI=1S/C13H11N5O3S2/c1-23(20,21)17-12(19)11-8-22-13(15-11)10-7-14-18(16-10)9-5-3-2-4-6-9/h2-8H,1H3,(H,17,19). The summed E-state index contributed by atoms with van der Waals surface area (Å²) >= 11 is 1.18. The van der Waals surface area contributed by atoms with E-state index in [0.29, 0.717) is 10.7 Å². The van der Waals surface area contributed by atoms with Gasteiger partial charge in [-0.2, -0.15) is 9.90 Å². The summed E-state index contributed by atoms with van der Waals surface area (Å²) in [5.74, 6) is -0.773. The average Bonchev–Trinajstić information content (AvgIpc) is 3.16. The molecule has 10 heteroatoms. The third-order valence-electron chi connectivity index (χ3n) is 2.71. The maximum absolute atomic E-state index is 11.7. The molecule has 23 heavy (non-hydrogen) atoms. The maximum atomic E-state index is 11.7. The second-order valence-corrected chi connectivity index (χ2v) is 7.20. The van der Waals surface area contributed by atoms with Gasteiger partial charge < -0.3 is 0 Å². The molecule has 0 saturated heterocycles. The number of aromatic nitrogens is 4. The summed E-state index contributed by atoms with van der Waals surface area (Å²) in [6.07, 6.45) is 2.44. The molecule has 1 aromatic carbocycles. The normalized spacial score (nSPS) is 11.3. The number of benzene rings is 1. The van der Waals surface area contributed by atoms with E-state index in [2.05, 4.69) is 15.2 Å². The molecule has 0 fully saturated rings. The molecular formula is C13H11N5O3S2. The first-order valence-corrected chi connectivity index (χ1v) is 9.15. The van der Waals surface area contributed by atoms with Crippen molar-refractivity contribution in [2.45, 2.75) is 0 Å². The van der Waals surface area contributed by atoms with Gasteiger partial charge in [0.25, 0.3) is 5.91 Å². The van der Waals surface area contributed by atoms with Gasteiger partial charge in [0.2, 0.25) is 10.0 Å². The molecule has 0 saturated carbocycles.